The standard InChI is InChI=1S/C15H22N2O2/c1-11-9-12(11)15(18)16-10-13(14-5-4-8-19-14)17-6-2-3-7-17/h4-5,8,11-13H,2-3,6-7,9-10H2,1H3,(H,16,18). The smallest absolute Gasteiger partial charge is 0.223 e. The van der Waals surface area contributed by atoms with Crippen molar-refractivity contribution in [3.8, 4) is 0 Å². The van der Waals surface area contributed by atoms with Gasteiger partial charge in [0.2, 0.25) is 5.91 Å². The van der Waals surface area contributed by atoms with Crippen LogP contribution in [0.2, 0.25) is 0 Å². The van der Waals surface area contributed by atoms with Gasteiger partial charge < -0.3 is 9.73 Å². The van der Waals surface area contributed by atoms with E-state index in [-0.39, 0.29) is 17.9 Å². The fraction of sp³-hybridized carbons (Fsp3) is 0.667. The van der Waals surface area contributed by atoms with Gasteiger partial charge in [-0.1, -0.05) is 6.92 Å². The van der Waals surface area contributed by atoms with Crippen molar-refractivity contribution in [2.24, 2.45) is 11.8 Å². The Hall–Kier alpha value is -1.29. The van der Waals surface area contributed by atoms with E-state index in [1.54, 1.807) is 6.26 Å². The zero-order valence-electron chi connectivity index (χ0n) is 11.5. The van der Waals surface area contributed by atoms with Gasteiger partial charge in [0.05, 0.1) is 12.3 Å². The van der Waals surface area contributed by atoms with Crippen molar-refractivity contribution in [3.63, 3.8) is 0 Å². The van der Waals surface area contributed by atoms with Crippen LogP contribution in [0.1, 0.15) is 38.0 Å². The minimum atomic E-state index is 0.190. The molecule has 1 aliphatic heterocycles. The molecule has 3 unspecified atom stereocenters. The summed E-state index contributed by atoms with van der Waals surface area (Å²) >= 11 is 0. The summed E-state index contributed by atoms with van der Waals surface area (Å²) in [5.74, 6) is 1.99. The van der Waals surface area contributed by atoms with Crippen LogP contribution in [0, 0.1) is 11.8 Å². The molecule has 2 aliphatic rings. The van der Waals surface area contributed by atoms with Gasteiger partial charge in [0.1, 0.15) is 5.76 Å². The molecule has 1 amide bonds. The first-order valence-corrected chi connectivity index (χ1v) is 7.31. The predicted octanol–water partition coefficient (Wildman–Crippen LogP) is 2.19. The molecule has 1 saturated carbocycles. The van der Waals surface area contributed by atoms with E-state index in [1.807, 2.05) is 12.1 Å². The zero-order chi connectivity index (χ0) is 13.2. The van der Waals surface area contributed by atoms with Crippen LogP contribution in [0.3, 0.4) is 0 Å². The Kier molecular flexibility index (Phi) is 3.60. The van der Waals surface area contributed by atoms with Gasteiger partial charge in [0, 0.05) is 12.5 Å². The van der Waals surface area contributed by atoms with Crippen LogP contribution in [-0.2, 0) is 4.79 Å². The molecule has 1 aromatic rings. The minimum absolute atomic E-state index is 0.190. The summed E-state index contributed by atoms with van der Waals surface area (Å²) in [5, 5.41) is 3.10. The minimum Gasteiger partial charge on any atom is -0.468 e. The number of amides is 1. The van der Waals surface area contributed by atoms with Gasteiger partial charge in [-0.15, -0.1) is 0 Å². The highest BCUT2D eigenvalue weighted by atomic mass is 16.3. The number of likely N-dealkylation sites (tertiary alicyclic amines) is 1. The molecule has 3 atom stereocenters. The molecule has 1 N–H and O–H groups in total. The molecule has 19 heavy (non-hydrogen) atoms. The SMILES string of the molecule is CC1CC1C(=O)NCC(c1ccco1)N1CCCC1. The molecule has 104 valence electrons. The van der Waals surface area contributed by atoms with Crippen LogP contribution in [0.5, 0.6) is 0 Å². The third-order valence-electron chi connectivity index (χ3n) is 4.37. The molecular formula is C15H22N2O2. The summed E-state index contributed by atoms with van der Waals surface area (Å²) < 4.78 is 5.54. The molecule has 4 heteroatoms. The molecule has 1 aliphatic carbocycles. The molecule has 2 fully saturated rings. The van der Waals surface area contributed by atoms with Crippen LogP contribution in [0.25, 0.3) is 0 Å². The highest BCUT2D eigenvalue weighted by molar-refractivity contribution is 5.81. The van der Waals surface area contributed by atoms with E-state index in [0.717, 1.165) is 25.3 Å². The van der Waals surface area contributed by atoms with Crippen molar-refractivity contribution in [1.82, 2.24) is 10.2 Å². The maximum atomic E-state index is 11.9. The average molecular weight is 262 g/mol. The van der Waals surface area contributed by atoms with Gasteiger partial charge in [-0.2, -0.15) is 0 Å². The van der Waals surface area contributed by atoms with E-state index in [0.29, 0.717) is 12.5 Å². The van der Waals surface area contributed by atoms with Crippen LogP contribution >= 0.6 is 0 Å². The van der Waals surface area contributed by atoms with Gasteiger partial charge in [-0.05, 0) is 50.4 Å². The maximum absolute atomic E-state index is 11.9. The number of nitrogens with zero attached hydrogens (tertiary/aromatic N) is 1. The summed E-state index contributed by atoms with van der Waals surface area (Å²) in [6.07, 6.45) is 5.24. The Bertz CT molecular complexity index is 423. The predicted molar refractivity (Wildman–Crippen MR) is 72.5 cm³/mol. The van der Waals surface area contributed by atoms with Crippen LogP contribution in [-0.4, -0.2) is 30.4 Å². The molecule has 2 heterocycles. The third-order valence-corrected chi connectivity index (χ3v) is 4.37. The Morgan fingerprint density at radius 1 is 1.53 bits per heavy atom. The summed E-state index contributed by atoms with van der Waals surface area (Å²) in [7, 11) is 0. The fourth-order valence-electron chi connectivity index (χ4n) is 2.96. The first-order chi connectivity index (χ1) is 9.25. The van der Waals surface area contributed by atoms with Gasteiger partial charge >= 0.3 is 0 Å². The Morgan fingerprint density at radius 3 is 2.84 bits per heavy atom. The monoisotopic (exact) mass is 262 g/mol. The van der Waals surface area contributed by atoms with Crippen molar-refractivity contribution in [3.05, 3.63) is 24.2 Å². The summed E-state index contributed by atoms with van der Waals surface area (Å²) in [4.78, 5) is 14.4. The van der Waals surface area contributed by atoms with Crippen molar-refractivity contribution < 1.29 is 9.21 Å². The van der Waals surface area contributed by atoms with Gasteiger partial charge in [0.15, 0.2) is 0 Å². The summed E-state index contributed by atoms with van der Waals surface area (Å²) in [6.45, 7) is 4.99. The van der Waals surface area contributed by atoms with E-state index < -0.39 is 0 Å². The van der Waals surface area contributed by atoms with Crippen molar-refractivity contribution in [1.29, 1.82) is 0 Å². The quantitative estimate of drug-likeness (QED) is 0.884. The van der Waals surface area contributed by atoms with Crippen molar-refractivity contribution in [2.75, 3.05) is 19.6 Å². The van der Waals surface area contributed by atoms with E-state index >= 15 is 0 Å². The molecule has 0 bridgehead atoms. The number of furan rings is 1. The second kappa shape index (κ2) is 5.37. The van der Waals surface area contributed by atoms with Gasteiger partial charge in [-0.25, -0.2) is 0 Å². The van der Waals surface area contributed by atoms with Gasteiger partial charge in [0.25, 0.3) is 0 Å². The highest BCUT2D eigenvalue weighted by Crippen LogP contribution is 2.37. The summed E-state index contributed by atoms with van der Waals surface area (Å²) in [6, 6.07) is 4.12. The molecule has 0 spiro atoms. The van der Waals surface area contributed by atoms with E-state index in [1.165, 1.54) is 12.8 Å². The molecule has 1 aromatic heterocycles. The van der Waals surface area contributed by atoms with Gasteiger partial charge in [-0.3, -0.25) is 9.69 Å². The lowest BCUT2D eigenvalue weighted by Crippen LogP contribution is -2.37. The van der Waals surface area contributed by atoms with E-state index in [4.69, 9.17) is 4.42 Å². The number of carbonyl (C=O) groups excluding carboxylic acids is 1. The maximum Gasteiger partial charge on any atom is 0.223 e. The molecule has 3 rings (SSSR count). The van der Waals surface area contributed by atoms with E-state index in [2.05, 4.69) is 17.1 Å². The van der Waals surface area contributed by atoms with Crippen molar-refractivity contribution >= 4 is 5.91 Å². The molecule has 0 radical (unpaired) electrons. The second-order valence-corrected chi connectivity index (χ2v) is 5.84. The largest absolute Gasteiger partial charge is 0.468 e. The topological polar surface area (TPSA) is 45.5 Å². The van der Waals surface area contributed by atoms with Crippen LogP contribution < -0.4 is 5.32 Å². The molecule has 0 aromatic carbocycles. The Morgan fingerprint density at radius 2 is 2.26 bits per heavy atom. The number of carbonyl (C=O) groups is 1. The second-order valence-electron chi connectivity index (χ2n) is 5.84. The lowest BCUT2D eigenvalue weighted by Gasteiger charge is -2.26. The fourth-order valence-corrected chi connectivity index (χ4v) is 2.96. The zero-order valence-corrected chi connectivity index (χ0v) is 11.5. The normalized spacial score (nSPS) is 28.3. The van der Waals surface area contributed by atoms with Crippen LogP contribution in [0.15, 0.2) is 22.8 Å². The average Bonchev–Trinajstić information content (AvgIpc) is 2.90. The highest BCUT2D eigenvalue weighted by Gasteiger charge is 2.39. The molecule has 4 nitrogen and oxygen atoms in total. The van der Waals surface area contributed by atoms with E-state index in [9.17, 15) is 4.79 Å². The number of nitrogens with one attached hydrogen (secondary N) is 1. The first kappa shape index (κ1) is 12.7. The summed E-state index contributed by atoms with van der Waals surface area (Å²) in [5.41, 5.74) is 0. The molecular weight excluding hydrogens is 240 g/mol. The molecule has 1 saturated heterocycles. The number of rotatable bonds is 5. The number of hydrogen-bond donors (Lipinski definition) is 1. The Balaban J connectivity index is 1.61. The third kappa shape index (κ3) is 2.84. The Labute approximate surface area is 114 Å². The van der Waals surface area contributed by atoms with Crippen LogP contribution in [0.4, 0.5) is 0 Å². The number of hydrogen-bond acceptors (Lipinski definition) is 3. The lowest BCUT2D eigenvalue weighted by molar-refractivity contribution is -0.122. The first-order valence-electron chi connectivity index (χ1n) is 7.31. The lowest BCUT2D eigenvalue weighted by atomic mass is 10.2. The van der Waals surface area contributed by atoms with Crippen molar-refractivity contribution in [2.45, 2.75) is 32.2 Å².